The summed E-state index contributed by atoms with van der Waals surface area (Å²) < 4.78 is 18.6. The first-order valence-corrected chi connectivity index (χ1v) is 14.1. The highest BCUT2D eigenvalue weighted by Crippen LogP contribution is 2.38. The van der Waals surface area contributed by atoms with Gasteiger partial charge >= 0.3 is 0 Å². The average molecular weight is 537 g/mol. The van der Waals surface area contributed by atoms with E-state index in [0.717, 1.165) is 53.9 Å². The minimum absolute atomic E-state index is 0.321. The minimum Gasteiger partial charge on any atom is -0.368 e. The van der Waals surface area contributed by atoms with Gasteiger partial charge in [-0.3, -0.25) is 0 Å². The Kier molecular flexibility index (Phi) is 8.12. The number of anilines is 4. The Balaban J connectivity index is 1.38. The van der Waals surface area contributed by atoms with Crippen LogP contribution in [0.5, 0.6) is 0 Å². The second-order valence-electron chi connectivity index (χ2n) is 8.56. The first-order valence-electron chi connectivity index (χ1n) is 12.3. The maximum absolute atomic E-state index is 15.5. The minimum atomic E-state index is -0.321. The molecule has 1 fully saturated rings. The van der Waals surface area contributed by atoms with E-state index >= 15 is 4.39 Å². The molecule has 1 aliphatic heterocycles. The van der Waals surface area contributed by atoms with Crippen LogP contribution in [0.1, 0.15) is 18.4 Å². The lowest BCUT2D eigenvalue weighted by Gasteiger charge is -2.29. The lowest BCUT2D eigenvalue weighted by atomic mass is 10.1. The molecule has 0 bridgehead atoms. The zero-order valence-electron chi connectivity index (χ0n) is 20.8. The molecule has 8 nitrogen and oxygen atoms in total. The molecule has 0 unspecified atom stereocenters. The molecule has 11 heteroatoms. The number of aromatic nitrogens is 4. The summed E-state index contributed by atoms with van der Waals surface area (Å²) in [6.07, 6.45) is 4.56. The van der Waals surface area contributed by atoms with Gasteiger partial charge in [0.2, 0.25) is 5.95 Å². The van der Waals surface area contributed by atoms with Crippen LogP contribution in [-0.2, 0) is 0 Å². The molecule has 0 spiro atoms. The number of nitrogens with one attached hydrogen (secondary N) is 3. The zero-order valence-corrected chi connectivity index (χ0v) is 22.4. The molecule has 0 saturated carbocycles. The summed E-state index contributed by atoms with van der Waals surface area (Å²) in [7, 11) is 0. The Morgan fingerprint density at radius 3 is 2.76 bits per heavy atom. The maximum atomic E-state index is 15.5. The van der Waals surface area contributed by atoms with E-state index in [-0.39, 0.29) is 5.82 Å². The number of hydrogen-bond donors (Lipinski definition) is 3. The van der Waals surface area contributed by atoms with Gasteiger partial charge in [0.1, 0.15) is 5.82 Å². The van der Waals surface area contributed by atoms with Crippen molar-refractivity contribution in [2.24, 2.45) is 0 Å². The van der Waals surface area contributed by atoms with Gasteiger partial charge in [0.15, 0.2) is 5.82 Å². The molecule has 1 aromatic carbocycles. The van der Waals surface area contributed by atoms with Crippen molar-refractivity contribution in [1.29, 1.82) is 0 Å². The topological polar surface area (TPSA) is 90.9 Å². The number of hydrogen-bond acceptors (Lipinski definition) is 10. The Morgan fingerprint density at radius 2 is 1.97 bits per heavy atom. The molecule has 3 aromatic heterocycles. The summed E-state index contributed by atoms with van der Waals surface area (Å²) in [6.45, 7) is 7.89. The summed E-state index contributed by atoms with van der Waals surface area (Å²) in [6, 6.07) is 11.1. The van der Waals surface area contributed by atoms with Crippen LogP contribution in [0.3, 0.4) is 0 Å². The Labute approximate surface area is 224 Å². The number of thiazole rings is 1. The fourth-order valence-corrected chi connectivity index (χ4v) is 5.56. The second-order valence-corrected chi connectivity index (χ2v) is 10.7. The molecular weight excluding hydrogens is 507 g/mol. The second kappa shape index (κ2) is 11.8. The van der Waals surface area contributed by atoms with E-state index in [1.54, 1.807) is 18.3 Å². The van der Waals surface area contributed by atoms with Gasteiger partial charge in [-0.25, -0.2) is 24.3 Å². The predicted molar refractivity (Wildman–Crippen MR) is 152 cm³/mol. The van der Waals surface area contributed by atoms with E-state index < -0.39 is 0 Å². The lowest BCUT2D eigenvalue weighted by molar-refractivity contribution is 0.589. The lowest BCUT2D eigenvalue weighted by Crippen LogP contribution is -2.43. The van der Waals surface area contributed by atoms with Crippen molar-refractivity contribution in [3.05, 3.63) is 59.6 Å². The normalized spacial score (nSPS) is 13.5. The molecule has 0 radical (unpaired) electrons. The molecule has 4 heterocycles. The van der Waals surface area contributed by atoms with Crippen LogP contribution in [-0.4, -0.2) is 51.9 Å². The third-order valence-electron chi connectivity index (χ3n) is 5.83. The van der Waals surface area contributed by atoms with Crippen LogP contribution in [0.25, 0.3) is 21.8 Å². The number of benzene rings is 1. The highest BCUT2D eigenvalue weighted by atomic mass is 32.2. The highest BCUT2D eigenvalue weighted by molar-refractivity contribution is 8.00. The number of piperazine rings is 1. The molecule has 1 aliphatic rings. The van der Waals surface area contributed by atoms with Crippen molar-refractivity contribution in [1.82, 2.24) is 25.3 Å². The van der Waals surface area contributed by atoms with E-state index in [1.165, 1.54) is 23.3 Å². The molecule has 192 valence electrons. The number of rotatable bonds is 9. The molecule has 0 amide bonds. The van der Waals surface area contributed by atoms with Crippen LogP contribution < -0.4 is 20.3 Å². The molecule has 37 heavy (non-hydrogen) atoms. The fourth-order valence-electron chi connectivity index (χ4n) is 4.04. The number of aryl methyl sites for hydroxylation is 1. The van der Waals surface area contributed by atoms with E-state index in [4.69, 9.17) is 4.98 Å². The molecule has 3 N–H and O–H groups in total. The Hall–Kier alpha value is -3.28. The van der Waals surface area contributed by atoms with E-state index in [0.29, 0.717) is 34.4 Å². The van der Waals surface area contributed by atoms with Crippen molar-refractivity contribution in [2.75, 3.05) is 46.9 Å². The van der Waals surface area contributed by atoms with E-state index in [1.807, 2.05) is 31.3 Å². The van der Waals surface area contributed by atoms with E-state index in [9.17, 15) is 0 Å². The smallest absolute Gasteiger partial charge is 0.228 e. The highest BCUT2D eigenvalue weighted by Gasteiger charge is 2.20. The van der Waals surface area contributed by atoms with Crippen LogP contribution in [0, 0.1) is 12.7 Å². The summed E-state index contributed by atoms with van der Waals surface area (Å²) in [5, 5.41) is 7.39. The van der Waals surface area contributed by atoms with Crippen molar-refractivity contribution < 1.29 is 4.39 Å². The van der Waals surface area contributed by atoms with Gasteiger partial charge in [0.25, 0.3) is 0 Å². The monoisotopic (exact) mass is 536 g/mol. The molecule has 4 aromatic rings. The van der Waals surface area contributed by atoms with Crippen LogP contribution in [0.15, 0.2) is 48.8 Å². The van der Waals surface area contributed by atoms with Crippen LogP contribution >= 0.6 is 23.3 Å². The average Bonchev–Trinajstić information content (AvgIpc) is 3.32. The van der Waals surface area contributed by atoms with Gasteiger partial charge in [-0.1, -0.05) is 24.9 Å². The van der Waals surface area contributed by atoms with Gasteiger partial charge < -0.3 is 20.3 Å². The molecule has 0 atom stereocenters. The quantitative estimate of drug-likeness (QED) is 0.183. The van der Waals surface area contributed by atoms with Gasteiger partial charge in [-0.05, 0) is 43.7 Å². The Morgan fingerprint density at radius 1 is 1.11 bits per heavy atom. The third kappa shape index (κ3) is 6.00. The standard InChI is InChI=1S/C26H29FN8S2/c1-3-15-36-34-20-6-4-5-19(23(20)27)24-25(37-17(2)31-24)21-9-10-29-26(32-21)33-22-8-7-18(16-30-22)35-13-11-28-12-14-35/h4-10,16,28,34H,3,11-15H2,1-2H3,(H,29,30,32,33). The summed E-state index contributed by atoms with van der Waals surface area (Å²) >= 11 is 2.98. The van der Waals surface area contributed by atoms with Gasteiger partial charge in [0, 0.05) is 43.7 Å². The maximum Gasteiger partial charge on any atom is 0.228 e. The number of halogens is 1. The zero-order chi connectivity index (χ0) is 25.6. The third-order valence-corrected chi connectivity index (χ3v) is 7.80. The summed E-state index contributed by atoms with van der Waals surface area (Å²) in [4.78, 5) is 21.4. The fraction of sp³-hybridized carbons (Fsp3) is 0.308. The largest absolute Gasteiger partial charge is 0.368 e. The molecule has 0 aliphatic carbocycles. The summed E-state index contributed by atoms with van der Waals surface area (Å²) in [5.41, 5.74) is 3.24. The first-order chi connectivity index (χ1) is 18.1. The molecular formula is C26H29FN8S2. The SMILES string of the molecule is CCCSNc1cccc(-c2nc(C)sc2-c2ccnc(Nc3ccc(N4CCNCC4)cn3)n2)c1F. The number of pyridine rings is 1. The van der Waals surface area contributed by atoms with Crippen LogP contribution in [0.2, 0.25) is 0 Å². The summed E-state index contributed by atoms with van der Waals surface area (Å²) in [5.74, 6) is 1.66. The molecule has 1 saturated heterocycles. The Bertz CT molecular complexity index is 1340. The van der Waals surface area contributed by atoms with Crippen molar-refractivity contribution >= 4 is 46.4 Å². The molecule has 5 rings (SSSR count). The van der Waals surface area contributed by atoms with Crippen molar-refractivity contribution in [3.63, 3.8) is 0 Å². The van der Waals surface area contributed by atoms with Gasteiger partial charge in [-0.2, -0.15) is 0 Å². The van der Waals surface area contributed by atoms with Crippen LogP contribution in [0.4, 0.5) is 27.5 Å². The van der Waals surface area contributed by atoms with Gasteiger partial charge in [0.05, 0.1) is 38.8 Å². The van der Waals surface area contributed by atoms with Crippen molar-refractivity contribution in [3.8, 4) is 21.8 Å². The van der Waals surface area contributed by atoms with Crippen molar-refractivity contribution in [2.45, 2.75) is 20.3 Å². The number of nitrogens with zero attached hydrogens (tertiary/aromatic N) is 5. The predicted octanol–water partition coefficient (Wildman–Crippen LogP) is 5.73. The first kappa shape index (κ1) is 25.4. The van der Waals surface area contributed by atoms with E-state index in [2.05, 4.69) is 48.2 Å². The van der Waals surface area contributed by atoms with Gasteiger partial charge in [-0.15, -0.1) is 11.3 Å².